The average molecular weight is 365 g/mol. The zero-order chi connectivity index (χ0) is 19.0. The van der Waals surface area contributed by atoms with Crippen LogP contribution in [-0.2, 0) is 0 Å². The van der Waals surface area contributed by atoms with Crippen LogP contribution in [-0.4, -0.2) is 30.7 Å². The number of carbonyl (C=O) groups is 1. The van der Waals surface area contributed by atoms with Gasteiger partial charge in [-0.2, -0.15) is 0 Å². The SMILES string of the molecule is Cc1cn(C(c2ccc(F)cc2)c2ccc3[nH]c(NC(=O)O)nc3c2)cn1. The minimum Gasteiger partial charge on any atom is -0.465 e. The molecule has 2 heterocycles. The molecule has 1 atom stereocenters. The van der Waals surface area contributed by atoms with Gasteiger partial charge in [0, 0.05) is 6.20 Å². The molecule has 7 nitrogen and oxygen atoms in total. The zero-order valence-corrected chi connectivity index (χ0v) is 14.3. The molecule has 27 heavy (non-hydrogen) atoms. The monoisotopic (exact) mass is 365 g/mol. The summed E-state index contributed by atoms with van der Waals surface area (Å²) in [5, 5.41) is 11.1. The van der Waals surface area contributed by atoms with E-state index in [0.717, 1.165) is 16.8 Å². The lowest BCUT2D eigenvalue weighted by atomic mass is 9.98. The molecule has 0 fully saturated rings. The van der Waals surface area contributed by atoms with Crippen molar-refractivity contribution >= 4 is 23.1 Å². The third kappa shape index (κ3) is 3.37. The summed E-state index contributed by atoms with van der Waals surface area (Å²) in [6.07, 6.45) is 2.46. The summed E-state index contributed by atoms with van der Waals surface area (Å²) in [7, 11) is 0. The molecule has 0 saturated heterocycles. The normalized spacial score (nSPS) is 12.2. The van der Waals surface area contributed by atoms with Crippen LogP contribution in [0.4, 0.5) is 15.1 Å². The summed E-state index contributed by atoms with van der Waals surface area (Å²) in [5.74, 6) is -0.141. The van der Waals surface area contributed by atoms with Crippen LogP contribution in [0.15, 0.2) is 55.0 Å². The summed E-state index contributed by atoms with van der Waals surface area (Å²) in [6, 6.07) is 11.7. The fourth-order valence-electron chi connectivity index (χ4n) is 3.12. The lowest BCUT2D eigenvalue weighted by molar-refractivity contribution is 0.209. The Morgan fingerprint density at radius 1 is 1.22 bits per heavy atom. The molecule has 0 spiro atoms. The Kier molecular flexibility index (Phi) is 4.08. The number of aromatic nitrogens is 4. The molecule has 0 aliphatic rings. The van der Waals surface area contributed by atoms with Crippen LogP contribution in [0.5, 0.6) is 0 Å². The molecule has 4 aromatic rings. The second-order valence-electron chi connectivity index (χ2n) is 6.21. The number of hydrogen-bond acceptors (Lipinski definition) is 3. The van der Waals surface area contributed by atoms with Crippen LogP contribution in [0.25, 0.3) is 11.0 Å². The van der Waals surface area contributed by atoms with Gasteiger partial charge < -0.3 is 14.7 Å². The molecule has 1 amide bonds. The van der Waals surface area contributed by atoms with Crippen molar-refractivity contribution in [2.45, 2.75) is 13.0 Å². The summed E-state index contributed by atoms with van der Waals surface area (Å²) in [4.78, 5) is 22.3. The third-order valence-corrected chi connectivity index (χ3v) is 4.26. The first kappa shape index (κ1) is 16.8. The standard InChI is InChI=1S/C19H16FN5O2/c1-11-9-25(10-21-11)17(12-2-5-14(20)6-3-12)13-4-7-15-16(8-13)23-18(22-15)24-19(26)27/h2-10,17H,1H3,(H,26,27)(H2,22,23,24). The van der Waals surface area contributed by atoms with Gasteiger partial charge in [-0.25, -0.2) is 19.2 Å². The van der Waals surface area contributed by atoms with E-state index in [-0.39, 0.29) is 17.8 Å². The Morgan fingerprint density at radius 2 is 1.96 bits per heavy atom. The Balaban J connectivity index is 1.81. The first-order valence-corrected chi connectivity index (χ1v) is 8.25. The van der Waals surface area contributed by atoms with E-state index in [0.29, 0.717) is 11.0 Å². The van der Waals surface area contributed by atoms with E-state index < -0.39 is 6.09 Å². The van der Waals surface area contributed by atoms with Gasteiger partial charge in [0.1, 0.15) is 5.82 Å². The van der Waals surface area contributed by atoms with Crippen LogP contribution < -0.4 is 5.32 Å². The smallest absolute Gasteiger partial charge is 0.411 e. The fourth-order valence-corrected chi connectivity index (χ4v) is 3.12. The van der Waals surface area contributed by atoms with Crippen molar-refractivity contribution in [1.82, 2.24) is 19.5 Å². The van der Waals surface area contributed by atoms with Gasteiger partial charge in [-0.1, -0.05) is 18.2 Å². The van der Waals surface area contributed by atoms with Crippen LogP contribution in [0, 0.1) is 12.7 Å². The summed E-state index contributed by atoms with van der Waals surface area (Å²) < 4.78 is 15.3. The van der Waals surface area contributed by atoms with Gasteiger partial charge in [0.15, 0.2) is 0 Å². The van der Waals surface area contributed by atoms with E-state index in [1.165, 1.54) is 12.1 Å². The molecule has 0 radical (unpaired) electrons. The number of hydrogen-bond donors (Lipinski definition) is 3. The molecule has 8 heteroatoms. The minimum absolute atomic E-state index is 0.159. The molecule has 2 aromatic heterocycles. The highest BCUT2D eigenvalue weighted by Gasteiger charge is 2.18. The van der Waals surface area contributed by atoms with Gasteiger partial charge in [0.25, 0.3) is 0 Å². The van der Waals surface area contributed by atoms with E-state index in [4.69, 9.17) is 5.11 Å². The maximum atomic E-state index is 13.4. The number of carboxylic acid groups (broad SMARTS) is 1. The highest BCUT2D eigenvalue weighted by molar-refractivity contribution is 5.85. The first-order valence-electron chi connectivity index (χ1n) is 8.25. The minimum atomic E-state index is -1.19. The third-order valence-electron chi connectivity index (χ3n) is 4.26. The number of imidazole rings is 2. The molecular formula is C19H16FN5O2. The zero-order valence-electron chi connectivity index (χ0n) is 14.3. The second-order valence-corrected chi connectivity index (χ2v) is 6.21. The maximum Gasteiger partial charge on any atom is 0.411 e. The topological polar surface area (TPSA) is 95.8 Å². The Labute approximate surface area is 153 Å². The molecule has 136 valence electrons. The van der Waals surface area contributed by atoms with Crippen molar-refractivity contribution in [3.8, 4) is 0 Å². The van der Waals surface area contributed by atoms with Crippen molar-refractivity contribution < 1.29 is 14.3 Å². The van der Waals surface area contributed by atoms with Crippen molar-refractivity contribution in [3.63, 3.8) is 0 Å². The number of amides is 1. The fraction of sp³-hybridized carbons (Fsp3) is 0.105. The number of anilines is 1. The Bertz CT molecular complexity index is 1120. The number of nitrogens with one attached hydrogen (secondary N) is 2. The van der Waals surface area contributed by atoms with Gasteiger partial charge in [-0.15, -0.1) is 0 Å². The van der Waals surface area contributed by atoms with Crippen LogP contribution >= 0.6 is 0 Å². The second kappa shape index (κ2) is 6.56. The molecule has 0 aliphatic carbocycles. The number of rotatable bonds is 4. The quantitative estimate of drug-likeness (QED) is 0.510. The molecule has 3 N–H and O–H groups in total. The van der Waals surface area contributed by atoms with E-state index in [2.05, 4.69) is 20.3 Å². The maximum absolute atomic E-state index is 13.4. The number of benzene rings is 2. The van der Waals surface area contributed by atoms with E-state index >= 15 is 0 Å². The van der Waals surface area contributed by atoms with E-state index in [1.54, 1.807) is 18.5 Å². The van der Waals surface area contributed by atoms with Crippen LogP contribution in [0.1, 0.15) is 22.9 Å². The van der Waals surface area contributed by atoms with Gasteiger partial charge >= 0.3 is 6.09 Å². The summed E-state index contributed by atoms with van der Waals surface area (Å²) in [6.45, 7) is 1.90. The molecule has 2 aromatic carbocycles. The number of halogens is 1. The Hall–Kier alpha value is -3.68. The lowest BCUT2D eigenvalue weighted by Gasteiger charge is -2.19. The largest absolute Gasteiger partial charge is 0.465 e. The highest BCUT2D eigenvalue weighted by Crippen LogP contribution is 2.29. The van der Waals surface area contributed by atoms with E-state index in [9.17, 15) is 9.18 Å². The highest BCUT2D eigenvalue weighted by atomic mass is 19.1. The molecular weight excluding hydrogens is 349 g/mol. The predicted molar refractivity (Wildman–Crippen MR) is 98.3 cm³/mol. The number of nitrogens with zero attached hydrogens (tertiary/aromatic N) is 3. The van der Waals surface area contributed by atoms with Crippen LogP contribution in [0.3, 0.4) is 0 Å². The molecule has 0 saturated carbocycles. The van der Waals surface area contributed by atoms with Crippen molar-refractivity contribution in [2.24, 2.45) is 0 Å². The number of aryl methyl sites for hydroxylation is 1. The number of H-pyrrole nitrogens is 1. The van der Waals surface area contributed by atoms with Gasteiger partial charge in [0.05, 0.1) is 29.1 Å². The van der Waals surface area contributed by atoms with Gasteiger partial charge in [0.2, 0.25) is 5.95 Å². The van der Waals surface area contributed by atoms with Gasteiger partial charge in [-0.3, -0.25) is 5.32 Å². The average Bonchev–Trinajstić information content (AvgIpc) is 3.21. The number of fused-ring (bicyclic) bond motifs is 1. The molecule has 0 aliphatic heterocycles. The summed E-state index contributed by atoms with van der Waals surface area (Å²) in [5.41, 5.74) is 4.02. The molecule has 4 rings (SSSR count). The van der Waals surface area contributed by atoms with Crippen molar-refractivity contribution in [2.75, 3.05) is 5.32 Å². The first-order chi connectivity index (χ1) is 13.0. The van der Waals surface area contributed by atoms with Crippen molar-refractivity contribution in [1.29, 1.82) is 0 Å². The predicted octanol–water partition coefficient (Wildman–Crippen LogP) is 3.93. The summed E-state index contributed by atoms with van der Waals surface area (Å²) >= 11 is 0. The van der Waals surface area contributed by atoms with Gasteiger partial charge in [-0.05, 0) is 42.3 Å². The van der Waals surface area contributed by atoms with E-state index in [1.807, 2.05) is 35.9 Å². The molecule has 0 bridgehead atoms. The number of aromatic amines is 1. The van der Waals surface area contributed by atoms with Crippen molar-refractivity contribution in [3.05, 3.63) is 77.6 Å². The lowest BCUT2D eigenvalue weighted by Crippen LogP contribution is -2.10. The molecule has 1 unspecified atom stereocenters. The Morgan fingerprint density at radius 3 is 2.63 bits per heavy atom. The van der Waals surface area contributed by atoms with Crippen LogP contribution in [0.2, 0.25) is 0 Å².